The Kier molecular flexibility index (Phi) is 5.43. The van der Waals surface area contributed by atoms with Crippen LogP contribution in [0.1, 0.15) is 6.42 Å². The molecule has 0 spiro atoms. The molecule has 0 saturated heterocycles. The molecule has 0 aliphatic carbocycles. The van der Waals surface area contributed by atoms with Crippen LogP contribution in [0, 0.1) is 0 Å². The molecule has 0 fully saturated rings. The highest BCUT2D eigenvalue weighted by atomic mass is 19.4. The Morgan fingerprint density at radius 3 is 2.78 bits per heavy atom. The lowest BCUT2D eigenvalue weighted by molar-refractivity contribution is -0.173. The SMILES string of the molecule is O=C(CCn1c(=O)oc2ccccc21)NCCOCC(F)(F)F. The molecule has 0 saturated carbocycles. The molecule has 1 heterocycles. The lowest BCUT2D eigenvalue weighted by Crippen LogP contribution is -2.30. The van der Waals surface area contributed by atoms with Crippen molar-refractivity contribution in [3.05, 3.63) is 34.8 Å². The summed E-state index contributed by atoms with van der Waals surface area (Å²) in [5.41, 5.74) is 1.01. The highest BCUT2D eigenvalue weighted by Crippen LogP contribution is 2.14. The average molecular weight is 332 g/mol. The lowest BCUT2D eigenvalue weighted by atomic mass is 10.3. The molecule has 126 valence electrons. The molecule has 2 aromatic rings. The van der Waals surface area contributed by atoms with Gasteiger partial charge in [0.2, 0.25) is 5.91 Å². The van der Waals surface area contributed by atoms with Gasteiger partial charge in [0.15, 0.2) is 5.58 Å². The molecule has 0 bridgehead atoms. The molecule has 0 aliphatic rings. The van der Waals surface area contributed by atoms with Crippen LogP contribution in [-0.2, 0) is 16.1 Å². The van der Waals surface area contributed by atoms with Gasteiger partial charge in [0.05, 0.1) is 12.1 Å². The fraction of sp³-hybridized carbons (Fsp3) is 0.429. The Bertz CT molecular complexity index is 721. The monoisotopic (exact) mass is 332 g/mol. The maximum Gasteiger partial charge on any atom is 0.419 e. The van der Waals surface area contributed by atoms with Crippen LogP contribution in [0.5, 0.6) is 0 Å². The van der Waals surface area contributed by atoms with E-state index in [9.17, 15) is 22.8 Å². The van der Waals surface area contributed by atoms with E-state index in [1.807, 2.05) is 0 Å². The zero-order valence-electron chi connectivity index (χ0n) is 12.1. The molecule has 1 amide bonds. The first-order chi connectivity index (χ1) is 10.9. The number of carbonyl (C=O) groups excluding carboxylic acids is 1. The van der Waals surface area contributed by atoms with Gasteiger partial charge in [-0.05, 0) is 12.1 Å². The maximum atomic E-state index is 11.8. The van der Waals surface area contributed by atoms with Gasteiger partial charge in [-0.1, -0.05) is 12.1 Å². The van der Waals surface area contributed by atoms with Crippen molar-refractivity contribution in [3.8, 4) is 0 Å². The Balaban J connectivity index is 1.76. The van der Waals surface area contributed by atoms with Gasteiger partial charge in [0.1, 0.15) is 6.61 Å². The fourth-order valence-corrected chi connectivity index (χ4v) is 1.98. The molecule has 0 radical (unpaired) electrons. The number of aryl methyl sites for hydroxylation is 1. The quantitative estimate of drug-likeness (QED) is 0.783. The van der Waals surface area contributed by atoms with Gasteiger partial charge in [0.25, 0.3) is 0 Å². The molecular weight excluding hydrogens is 317 g/mol. The third-order valence-corrected chi connectivity index (χ3v) is 2.97. The molecule has 0 aliphatic heterocycles. The largest absolute Gasteiger partial charge is 0.419 e. The number of fused-ring (bicyclic) bond motifs is 1. The Hall–Kier alpha value is -2.29. The summed E-state index contributed by atoms with van der Waals surface area (Å²) in [6, 6.07) is 6.81. The number of alkyl halides is 3. The lowest BCUT2D eigenvalue weighted by Gasteiger charge is -2.08. The second-order valence-corrected chi connectivity index (χ2v) is 4.76. The van der Waals surface area contributed by atoms with Crippen LogP contribution in [0.4, 0.5) is 13.2 Å². The number of rotatable bonds is 7. The van der Waals surface area contributed by atoms with E-state index in [0.717, 1.165) is 0 Å². The molecule has 23 heavy (non-hydrogen) atoms. The number of ether oxygens (including phenoxy) is 1. The number of oxazole rings is 1. The third-order valence-electron chi connectivity index (χ3n) is 2.97. The van der Waals surface area contributed by atoms with E-state index >= 15 is 0 Å². The van der Waals surface area contributed by atoms with Crippen molar-refractivity contribution < 1.29 is 27.1 Å². The van der Waals surface area contributed by atoms with Crippen molar-refractivity contribution in [2.24, 2.45) is 0 Å². The molecule has 2 rings (SSSR count). The number of hydrogen-bond acceptors (Lipinski definition) is 4. The smallest absolute Gasteiger partial charge is 0.408 e. The molecule has 1 N–H and O–H groups in total. The predicted octanol–water partition coefficient (Wildman–Crippen LogP) is 1.68. The van der Waals surface area contributed by atoms with E-state index in [-0.39, 0.29) is 26.1 Å². The summed E-state index contributed by atoms with van der Waals surface area (Å²) < 4.78 is 46.2. The van der Waals surface area contributed by atoms with Crippen molar-refractivity contribution in [2.45, 2.75) is 19.1 Å². The summed E-state index contributed by atoms with van der Waals surface area (Å²) in [5, 5.41) is 2.42. The number of halogens is 3. The number of aromatic nitrogens is 1. The Morgan fingerprint density at radius 1 is 1.30 bits per heavy atom. The summed E-state index contributed by atoms with van der Waals surface area (Å²) in [6.07, 6.45) is -4.38. The molecule has 9 heteroatoms. The number of nitrogens with one attached hydrogen (secondary N) is 1. The molecule has 1 aromatic heterocycles. The highest BCUT2D eigenvalue weighted by molar-refractivity contribution is 5.76. The van der Waals surface area contributed by atoms with Crippen molar-refractivity contribution in [1.82, 2.24) is 9.88 Å². The van der Waals surface area contributed by atoms with Gasteiger partial charge < -0.3 is 14.5 Å². The van der Waals surface area contributed by atoms with Gasteiger partial charge in [-0.25, -0.2) is 4.79 Å². The van der Waals surface area contributed by atoms with Crippen LogP contribution in [0.3, 0.4) is 0 Å². The van der Waals surface area contributed by atoms with E-state index in [1.165, 1.54) is 4.57 Å². The first-order valence-electron chi connectivity index (χ1n) is 6.86. The number of nitrogens with zero attached hydrogens (tertiary/aromatic N) is 1. The highest BCUT2D eigenvalue weighted by Gasteiger charge is 2.27. The number of carbonyl (C=O) groups is 1. The molecule has 0 unspecified atom stereocenters. The van der Waals surface area contributed by atoms with Gasteiger partial charge in [0, 0.05) is 19.5 Å². The van der Waals surface area contributed by atoms with Crippen LogP contribution in [-0.4, -0.2) is 36.4 Å². The number of benzene rings is 1. The van der Waals surface area contributed by atoms with Crippen LogP contribution in [0.15, 0.2) is 33.5 Å². The molecule has 6 nitrogen and oxygen atoms in total. The predicted molar refractivity (Wildman–Crippen MR) is 75.0 cm³/mol. The summed E-state index contributed by atoms with van der Waals surface area (Å²) in [6.45, 7) is -1.50. The minimum atomic E-state index is -4.38. The van der Waals surface area contributed by atoms with E-state index < -0.39 is 24.4 Å². The zero-order chi connectivity index (χ0) is 16.9. The van der Waals surface area contributed by atoms with Crippen molar-refractivity contribution in [2.75, 3.05) is 19.8 Å². The van der Waals surface area contributed by atoms with Crippen molar-refractivity contribution in [3.63, 3.8) is 0 Å². The van der Waals surface area contributed by atoms with Crippen LogP contribution in [0.2, 0.25) is 0 Å². The van der Waals surface area contributed by atoms with E-state index in [2.05, 4.69) is 10.1 Å². The minimum absolute atomic E-state index is 0.00268. The van der Waals surface area contributed by atoms with E-state index in [0.29, 0.717) is 11.1 Å². The zero-order valence-corrected chi connectivity index (χ0v) is 12.1. The second kappa shape index (κ2) is 7.32. The van der Waals surface area contributed by atoms with Gasteiger partial charge in [-0.15, -0.1) is 0 Å². The normalized spacial score (nSPS) is 11.8. The molecule has 0 atom stereocenters. The summed E-state index contributed by atoms with van der Waals surface area (Å²) in [7, 11) is 0. The second-order valence-electron chi connectivity index (χ2n) is 4.76. The topological polar surface area (TPSA) is 73.5 Å². The summed E-state index contributed by atoms with van der Waals surface area (Å²) in [5.74, 6) is -0.953. The van der Waals surface area contributed by atoms with Crippen LogP contribution in [0.25, 0.3) is 11.1 Å². The maximum absolute atomic E-state index is 11.8. The summed E-state index contributed by atoms with van der Waals surface area (Å²) in [4.78, 5) is 23.3. The standard InChI is InChI=1S/C14H15F3N2O4/c15-14(16,17)9-22-8-6-18-12(20)5-7-19-10-3-1-2-4-11(10)23-13(19)21/h1-4H,5-9H2,(H,18,20). The first-order valence-corrected chi connectivity index (χ1v) is 6.86. The summed E-state index contributed by atoms with van der Waals surface area (Å²) >= 11 is 0. The number of amides is 1. The van der Waals surface area contributed by atoms with Crippen LogP contribution >= 0.6 is 0 Å². The Morgan fingerprint density at radius 2 is 2.04 bits per heavy atom. The van der Waals surface area contributed by atoms with Crippen molar-refractivity contribution in [1.29, 1.82) is 0 Å². The number of hydrogen-bond donors (Lipinski definition) is 1. The minimum Gasteiger partial charge on any atom is -0.408 e. The average Bonchev–Trinajstić information content (AvgIpc) is 2.79. The van der Waals surface area contributed by atoms with Gasteiger partial charge >= 0.3 is 11.9 Å². The number of para-hydroxylation sites is 2. The Labute approximate surface area is 128 Å². The van der Waals surface area contributed by atoms with E-state index in [1.54, 1.807) is 24.3 Å². The molecular formula is C14H15F3N2O4. The van der Waals surface area contributed by atoms with Gasteiger partial charge in [-0.3, -0.25) is 9.36 Å². The fourth-order valence-electron chi connectivity index (χ4n) is 1.98. The first kappa shape index (κ1) is 17.1. The van der Waals surface area contributed by atoms with E-state index in [4.69, 9.17) is 4.42 Å². The third kappa shape index (κ3) is 5.13. The van der Waals surface area contributed by atoms with Crippen molar-refractivity contribution >= 4 is 17.0 Å². The van der Waals surface area contributed by atoms with Gasteiger partial charge in [-0.2, -0.15) is 13.2 Å². The molecule has 1 aromatic carbocycles. The van der Waals surface area contributed by atoms with Crippen LogP contribution < -0.4 is 11.1 Å².